The average Bonchev–Trinajstić information content (AvgIpc) is 3.07. The maximum atomic E-state index is 12.0. The summed E-state index contributed by atoms with van der Waals surface area (Å²) in [4.78, 5) is 16.3. The molecule has 0 unspecified atom stereocenters. The van der Waals surface area contributed by atoms with Crippen molar-refractivity contribution in [1.82, 2.24) is 10.3 Å². The predicted molar refractivity (Wildman–Crippen MR) is 72.4 cm³/mol. The van der Waals surface area contributed by atoms with E-state index in [0.717, 1.165) is 12.2 Å². The normalized spacial score (nSPS) is 15.5. The largest absolute Gasteiger partial charge is 0.384 e. The molecule has 0 radical (unpaired) electrons. The van der Waals surface area contributed by atoms with Crippen LogP contribution in [0, 0.1) is 5.92 Å². The Hall–Kier alpha value is -1.58. The lowest BCUT2D eigenvalue weighted by molar-refractivity contribution is 0.0951. The highest BCUT2D eigenvalue weighted by atomic mass is 16.1. The number of hydrogen-bond acceptors (Lipinski definition) is 3. The van der Waals surface area contributed by atoms with Gasteiger partial charge in [-0.15, -0.1) is 0 Å². The average molecular weight is 247 g/mol. The van der Waals surface area contributed by atoms with Gasteiger partial charge in [-0.3, -0.25) is 4.79 Å². The Morgan fingerprint density at radius 3 is 2.67 bits per heavy atom. The SMILES string of the molecule is CC(C)(C)c1cc(C(=O)NCC2CC2)cc(N)n1. The van der Waals surface area contributed by atoms with Crippen molar-refractivity contribution in [1.29, 1.82) is 0 Å². The molecule has 1 heterocycles. The van der Waals surface area contributed by atoms with E-state index in [1.54, 1.807) is 6.07 Å². The second-order valence-corrected chi connectivity index (χ2v) is 6.07. The van der Waals surface area contributed by atoms with E-state index in [-0.39, 0.29) is 11.3 Å². The third kappa shape index (κ3) is 3.22. The maximum Gasteiger partial charge on any atom is 0.251 e. The molecule has 0 aromatic carbocycles. The van der Waals surface area contributed by atoms with E-state index in [4.69, 9.17) is 5.73 Å². The van der Waals surface area contributed by atoms with E-state index < -0.39 is 0 Å². The van der Waals surface area contributed by atoms with Gasteiger partial charge in [-0.25, -0.2) is 4.98 Å². The lowest BCUT2D eigenvalue weighted by Gasteiger charge is -2.19. The van der Waals surface area contributed by atoms with Gasteiger partial charge in [0.15, 0.2) is 0 Å². The van der Waals surface area contributed by atoms with Crippen molar-refractivity contribution in [3.8, 4) is 0 Å². The Morgan fingerprint density at radius 2 is 2.11 bits per heavy atom. The van der Waals surface area contributed by atoms with Gasteiger partial charge in [-0.2, -0.15) is 0 Å². The fourth-order valence-electron chi connectivity index (χ4n) is 1.73. The van der Waals surface area contributed by atoms with Crippen LogP contribution < -0.4 is 11.1 Å². The predicted octanol–water partition coefficient (Wildman–Crippen LogP) is 2.10. The van der Waals surface area contributed by atoms with Gasteiger partial charge in [-0.1, -0.05) is 20.8 Å². The van der Waals surface area contributed by atoms with E-state index in [2.05, 4.69) is 31.1 Å². The Bertz CT molecular complexity index is 459. The number of anilines is 1. The molecule has 4 heteroatoms. The van der Waals surface area contributed by atoms with Gasteiger partial charge in [-0.05, 0) is 30.9 Å². The summed E-state index contributed by atoms with van der Waals surface area (Å²) in [5.41, 5.74) is 7.11. The summed E-state index contributed by atoms with van der Waals surface area (Å²) in [7, 11) is 0. The maximum absolute atomic E-state index is 12.0. The van der Waals surface area contributed by atoms with Gasteiger partial charge in [0.1, 0.15) is 5.82 Å². The van der Waals surface area contributed by atoms with Crippen molar-refractivity contribution in [2.75, 3.05) is 12.3 Å². The molecule has 2 rings (SSSR count). The summed E-state index contributed by atoms with van der Waals surface area (Å²) < 4.78 is 0. The second kappa shape index (κ2) is 4.59. The smallest absolute Gasteiger partial charge is 0.251 e. The monoisotopic (exact) mass is 247 g/mol. The van der Waals surface area contributed by atoms with Crippen LogP contribution in [0.15, 0.2) is 12.1 Å². The molecule has 1 aromatic rings. The summed E-state index contributed by atoms with van der Waals surface area (Å²) in [5.74, 6) is 1.02. The summed E-state index contributed by atoms with van der Waals surface area (Å²) >= 11 is 0. The molecule has 1 fully saturated rings. The Balaban J connectivity index is 2.15. The van der Waals surface area contributed by atoms with Gasteiger partial charge < -0.3 is 11.1 Å². The van der Waals surface area contributed by atoms with Crippen LogP contribution in [0.2, 0.25) is 0 Å². The van der Waals surface area contributed by atoms with Crippen molar-refractivity contribution in [2.24, 2.45) is 5.92 Å². The minimum atomic E-state index is -0.110. The van der Waals surface area contributed by atoms with Crippen molar-refractivity contribution >= 4 is 11.7 Å². The zero-order valence-electron chi connectivity index (χ0n) is 11.3. The molecule has 0 saturated heterocycles. The van der Waals surface area contributed by atoms with Crippen LogP contribution in [-0.2, 0) is 5.41 Å². The van der Waals surface area contributed by atoms with E-state index >= 15 is 0 Å². The first-order valence-electron chi connectivity index (χ1n) is 6.42. The summed E-state index contributed by atoms with van der Waals surface area (Å²) in [6.45, 7) is 6.94. The summed E-state index contributed by atoms with van der Waals surface area (Å²) in [6, 6.07) is 3.47. The highest BCUT2D eigenvalue weighted by molar-refractivity contribution is 5.95. The van der Waals surface area contributed by atoms with Gasteiger partial charge >= 0.3 is 0 Å². The van der Waals surface area contributed by atoms with Gasteiger partial charge in [0, 0.05) is 23.2 Å². The number of amides is 1. The number of carbonyl (C=O) groups is 1. The quantitative estimate of drug-likeness (QED) is 0.859. The van der Waals surface area contributed by atoms with Crippen LogP contribution in [0.1, 0.15) is 49.7 Å². The lowest BCUT2D eigenvalue weighted by Crippen LogP contribution is -2.26. The third-order valence-corrected chi connectivity index (χ3v) is 3.12. The number of rotatable bonds is 3. The number of nitrogens with one attached hydrogen (secondary N) is 1. The van der Waals surface area contributed by atoms with Crippen LogP contribution in [0.3, 0.4) is 0 Å². The number of nitrogen functional groups attached to an aromatic ring is 1. The van der Waals surface area contributed by atoms with E-state index in [0.29, 0.717) is 17.3 Å². The molecular weight excluding hydrogens is 226 g/mol. The fourth-order valence-corrected chi connectivity index (χ4v) is 1.73. The van der Waals surface area contributed by atoms with Crippen LogP contribution in [-0.4, -0.2) is 17.4 Å². The fraction of sp³-hybridized carbons (Fsp3) is 0.571. The molecule has 1 aliphatic rings. The van der Waals surface area contributed by atoms with Crippen molar-refractivity contribution in [3.05, 3.63) is 23.4 Å². The Morgan fingerprint density at radius 1 is 1.44 bits per heavy atom. The molecule has 4 nitrogen and oxygen atoms in total. The number of pyridine rings is 1. The topological polar surface area (TPSA) is 68.0 Å². The molecular formula is C14H21N3O. The van der Waals surface area contributed by atoms with E-state index in [1.807, 2.05) is 6.07 Å². The van der Waals surface area contributed by atoms with Gasteiger partial charge in [0.05, 0.1) is 0 Å². The van der Waals surface area contributed by atoms with Crippen molar-refractivity contribution < 1.29 is 4.79 Å². The molecule has 1 aromatic heterocycles. The molecule has 1 aliphatic carbocycles. The van der Waals surface area contributed by atoms with Crippen LogP contribution in [0.5, 0.6) is 0 Å². The minimum Gasteiger partial charge on any atom is -0.384 e. The standard InChI is InChI=1S/C14H21N3O/c1-14(2,3)11-6-10(7-12(15)17-11)13(18)16-8-9-4-5-9/h6-7,9H,4-5,8H2,1-3H3,(H2,15,17)(H,16,18). The third-order valence-electron chi connectivity index (χ3n) is 3.12. The molecule has 0 aliphatic heterocycles. The number of aromatic nitrogens is 1. The summed E-state index contributed by atoms with van der Waals surface area (Å²) in [6.07, 6.45) is 2.46. The molecule has 1 saturated carbocycles. The number of nitrogens with zero attached hydrogens (tertiary/aromatic N) is 1. The van der Waals surface area contributed by atoms with Crippen LogP contribution >= 0.6 is 0 Å². The van der Waals surface area contributed by atoms with Crippen molar-refractivity contribution in [3.63, 3.8) is 0 Å². The van der Waals surface area contributed by atoms with E-state index in [1.165, 1.54) is 12.8 Å². The molecule has 3 N–H and O–H groups in total. The molecule has 18 heavy (non-hydrogen) atoms. The number of hydrogen-bond donors (Lipinski definition) is 2. The number of nitrogens with two attached hydrogens (primary N) is 1. The first-order valence-corrected chi connectivity index (χ1v) is 6.42. The Kier molecular flexibility index (Phi) is 3.28. The highest BCUT2D eigenvalue weighted by Crippen LogP contribution is 2.28. The summed E-state index contributed by atoms with van der Waals surface area (Å²) in [5, 5.41) is 2.94. The zero-order chi connectivity index (χ0) is 13.3. The lowest BCUT2D eigenvalue weighted by atomic mass is 9.90. The molecule has 98 valence electrons. The molecule has 0 atom stereocenters. The van der Waals surface area contributed by atoms with Crippen molar-refractivity contribution in [2.45, 2.75) is 39.0 Å². The first-order chi connectivity index (χ1) is 8.36. The molecule has 0 bridgehead atoms. The molecule has 1 amide bonds. The highest BCUT2D eigenvalue weighted by Gasteiger charge is 2.23. The van der Waals surface area contributed by atoms with E-state index in [9.17, 15) is 4.79 Å². The number of carbonyl (C=O) groups excluding carboxylic acids is 1. The van der Waals surface area contributed by atoms with Gasteiger partial charge in [0.25, 0.3) is 5.91 Å². The minimum absolute atomic E-state index is 0.0542. The Labute approximate surface area is 108 Å². The second-order valence-electron chi connectivity index (χ2n) is 6.07. The van der Waals surface area contributed by atoms with Crippen LogP contribution in [0.25, 0.3) is 0 Å². The molecule has 0 spiro atoms. The van der Waals surface area contributed by atoms with Gasteiger partial charge in [0.2, 0.25) is 0 Å². The van der Waals surface area contributed by atoms with Crippen LogP contribution in [0.4, 0.5) is 5.82 Å². The first kappa shape index (κ1) is 12.9. The zero-order valence-corrected chi connectivity index (χ0v) is 11.3.